The van der Waals surface area contributed by atoms with Gasteiger partial charge in [-0.15, -0.1) is 0 Å². The lowest BCUT2D eigenvalue weighted by Gasteiger charge is -2.18. The second-order valence-corrected chi connectivity index (χ2v) is 4.58. The van der Waals surface area contributed by atoms with E-state index in [1.54, 1.807) is 12.1 Å². The van der Waals surface area contributed by atoms with Crippen LogP contribution in [0.4, 0.5) is 0 Å². The molecule has 2 unspecified atom stereocenters. The molecule has 0 fully saturated rings. The maximum absolute atomic E-state index is 9.17. The summed E-state index contributed by atoms with van der Waals surface area (Å²) in [5.41, 5.74) is 1.29. The van der Waals surface area contributed by atoms with E-state index in [0.29, 0.717) is 17.8 Å². The molecule has 0 heterocycles. The van der Waals surface area contributed by atoms with Crippen LogP contribution in [-0.4, -0.2) is 17.2 Å². The van der Waals surface area contributed by atoms with Crippen molar-refractivity contribution in [2.24, 2.45) is 0 Å². The summed E-state index contributed by atoms with van der Waals surface area (Å²) in [4.78, 5) is 0. The molecule has 2 atom stereocenters. The Morgan fingerprint density at radius 2 is 1.75 bits per heavy atom. The van der Waals surface area contributed by atoms with Crippen LogP contribution in [0.15, 0.2) is 24.3 Å². The molecule has 0 aromatic heterocycles. The Labute approximate surface area is 98.7 Å². The molecule has 0 aliphatic rings. The average molecular weight is 221 g/mol. The largest absolute Gasteiger partial charge is 0.508 e. The molecule has 0 aliphatic heterocycles. The minimum atomic E-state index is 0.342. The number of aryl methyl sites for hydroxylation is 1. The summed E-state index contributed by atoms with van der Waals surface area (Å²) in [6, 6.07) is 8.62. The molecule has 90 valence electrons. The standard InChI is InChI=1S/C14H23NO/c1-4-11(2)15-12(3)5-6-13-7-9-14(16)10-8-13/h7-12,15-16H,4-6H2,1-3H3. The molecule has 0 amide bonds. The van der Waals surface area contributed by atoms with Crippen molar-refractivity contribution in [1.29, 1.82) is 0 Å². The van der Waals surface area contributed by atoms with E-state index >= 15 is 0 Å². The zero-order valence-electron chi connectivity index (χ0n) is 10.5. The molecule has 0 aliphatic carbocycles. The molecule has 1 aromatic rings. The molecule has 1 rings (SSSR count). The van der Waals surface area contributed by atoms with Gasteiger partial charge in [-0.2, -0.15) is 0 Å². The highest BCUT2D eigenvalue weighted by Crippen LogP contribution is 2.12. The molecule has 0 saturated carbocycles. The number of hydrogen-bond donors (Lipinski definition) is 2. The number of nitrogens with one attached hydrogen (secondary N) is 1. The summed E-state index contributed by atoms with van der Waals surface area (Å²) in [6.45, 7) is 6.65. The van der Waals surface area contributed by atoms with Crippen LogP contribution >= 0.6 is 0 Å². The topological polar surface area (TPSA) is 32.3 Å². The van der Waals surface area contributed by atoms with Gasteiger partial charge in [-0.3, -0.25) is 0 Å². The summed E-state index contributed by atoms with van der Waals surface area (Å²) in [5.74, 6) is 0.342. The van der Waals surface area contributed by atoms with Crippen LogP contribution < -0.4 is 5.32 Å². The van der Waals surface area contributed by atoms with Crippen molar-refractivity contribution < 1.29 is 5.11 Å². The van der Waals surface area contributed by atoms with Crippen LogP contribution in [0.1, 0.15) is 39.2 Å². The second-order valence-electron chi connectivity index (χ2n) is 4.58. The lowest BCUT2D eigenvalue weighted by Crippen LogP contribution is -2.34. The van der Waals surface area contributed by atoms with Gasteiger partial charge in [0.1, 0.15) is 5.75 Å². The molecule has 0 spiro atoms. The van der Waals surface area contributed by atoms with Gasteiger partial charge in [0, 0.05) is 12.1 Å². The summed E-state index contributed by atoms with van der Waals surface area (Å²) < 4.78 is 0. The van der Waals surface area contributed by atoms with Gasteiger partial charge < -0.3 is 10.4 Å². The maximum atomic E-state index is 9.17. The first-order valence-corrected chi connectivity index (χ1v) is 6.15. The van der Waals surface area contributed by atoms with E-state index in [2.05, 4.69) is 26.1 Å². The van der Waals surface area contributed by atoms with Crippen molar-refractivity contribution in [3.05, 3.63) is 29.8 Å². The van der Waals surface area contributed by atoms with Crippen LogP contribution in [0.3, 0.4) is 0 Å². The lowest BCUT2D eigenvalue weighted by molar-refractivity contribution is 0.438. The van der Waals surface area contributed by atoms with Gasteiger partial charge in [-0.05, 0) is 50.8 Å². The van der Waals surface area contributed by atoms with Crippen molar-refractivity contribution in [3.8, 4) is 5.75 Å². The highest BCUT2D eigenvalue weighted by atomic mass is 16.3. The number of benzene rings is 1. The third kappa shape index (κ3) is 4.67. The van der Waals surface area contributed by atoms with E-state index in [0.717, 1.165) is 12.8 Å². The predicted octanol–water partition coefficient (Wildman–Crippen LogP) is 3.10. The normalized spacial score (nSPS) is 14.7. The number of phenolic OH excluding ortho intramolecular Hbond substituents is 1. The fourth-order valence-electron chi connectivity index (χ4n) is 1.73. The lowest BCUT2D eigenvalue weighted by atomic mass is 10.1. The molecular formula is C14H23NO. The molecule has 0 saturated heterocycles. The molecule has 0 radical (unpaired) electrons. The third-order valence-corrected chi connectivity index (χ3v) is 2.98. The van der Waals surface area contributed by atoms with Gasteiger partial charge in [0.25, 0.3) is 0 Å². The van der Waals surface area contributed by atoms with Crippen LogP contribution in [0.5, 0.6) is 5.75 Å². The Kier molecular flexibility index (Phi) is 5.33. The Hall–Kier alpha value is -1.02. The van der Waals surface area contributed by atoms with Gasteiger partial charge in [0.05, 0.1) is 0 Å². The zero-order valence-corrected chi connectivity index (χ0v) is 10.5. The minimum Gasteiger partial charge on any atom is -0.508 e. The molecule has 2 nitrogen and oxygen atoms in total. The summed E-state index contributed by atoms with van der Waals surface area (Å²) in [7, 11) is 0. The fourth-order valence-corrected chi connectivity index (χ4v) is 1.73. The van der Waals surface area contributed by atoms with Crippen molar-refractivity contribution in [2.75, 3.05) is 0 Å². The molecular weight excluding hydrogens is 198 g/mol. The predicted molar refractivity (Wildman–Crippen MR) is 68.8 cm³/mol. The van der Waals surface area contributed by atoms with Crippen molar-refractivity contribution in [3.63, 3.8) is 0 Å². The fraction of sp³-hybridized carbons (Fsp3) is 0.571. The van der Waals surface area contributed by atoms with Gasteiger partial charge >= 0.3 is 0 Å². The molecule has 1 aromatic carbocycles. The van der Waals surface area contributed by atoms with E-state index in [-0.39, 0.29) is 0 Å². The smallest absolute Gasteiger partial charge is 0.115 e. The quantitative estimate of drug-likeness (QED) is 0.773. The Morgan fingerprint density at radius 3 is 2.31 bits per heavy atom. The van der Waals surface area contributed by atoms with Gasteiger partial charge in [0.2, 0.25) is 0 Å². The Morgan fingerprint density at radius 1 is 1.12 bits per heavy atom. The third-order valence-electron chi connectivity index (χ3n) is 2.98. The summed E-state index contributed by atoms with van der Waals surface area (Å²) >= 11 is 0. The van der Waals surface area contributed by atoms with Gasteiger partial charge in [0.15, 0.2) is 0 Å². The van der Waals surface area contributed by atoms with E-state index in [4.69, 9.17) is 0 Å². The number of aromatic hydroxyl groups is 1. The number of phenols is 1. The van der Waals surface area contributed by atoms with Crippen molar-refractivity contribution in [1.82, 2.24) is 5.32 Å². The van der Waals surface area contributed by atoms with Gasteiger partial charge in [-0.25, -0.2) is 0 Å². The van der Waals surface area contributed by atoms with E-state index < -0.39 is 0 Å². The van der Waals surface area contributed by atoms with Crippen LogP contribution in [-0.2, 0) is 6.42 Å². The van der Waals surface area contributed by atoms with E-state index in [1.807, 2.05) is 12.1 Å². The van der Waals surface area contributed by atoms with Gasteiger partial charge in [-0.1, -0.05) is 19.1 Å². The molecule has 2 N–H and O–H groups in total. The average Bonchev–Trinajstić information content (AvgIpc) is 2.28. The monoisotopic (exact) mass is 221 g/mol. The first-order valence-electron chi connectivity index (χ1n) is 6.15. The SMILES string of the molecule is CCC(C)NC(C)CCc1ccc(O)cc1. The molecule has 16 heavy (non-hydrogen) atoms. The van der Waals surface area contributed by atoms with Crippen molar-refractivity contribution in [2.45, 2.75) is 52.1 Å². The highest BCUT2D eigenvalue weighted by Gasteiger charge is 2.05. The maximum Gasteiger partial charge on any atom is 0.115 e. The summed E-state index contributed by atoms with van der Waals surface area (Å²) in [6.07, 6.45) is 3.36. The molecule has 0 bridgehead atoms. The van der Waals surface area contributed by atoms with Crippen LogP contribution in [0, 0.1) is 0 Å². The van der Waals surface area contributed by atoms with Crippen molar-refractivity contribution >= 4 is 0 Å². The van der Waals surface area contributed by atoms with Crippen LogP contribution in [0.2, 0.25) is 0 Å². The number of rotatable bonds is 6. The first kappa shape index (κ1) is 13.0. The van der Waals surface area contributed by atoms with E-state index in [1.165, 1.54) is 12.0 Å². The zero-order chi connectivity index (χ0) is 12.0. The summed E-state index contributed by atoms with van der Waals surface area (Å²) in [5, 5.41) is 12.7. The highest BCUT2D eigenvalue weighted by molar-refractivity contribution is 5.25. The number of hydrogen-bond acceptors (Lipinski definition) is 2. The second kappa shape index (κ2) is 6.54. The van der Waals surface area contributed by atoms with Crippen LogP contribution in [0.25, 0.3) is 0 Å². The minimum absolute atomic E-state index is 0.342. The Bertz CT molecular complexity index is 294. The molecule has 2 heteroatoms. The Balaban J connectivity index is 2.31. The first-order chi connectivity index (χ1) is 7.61. The van der Waals surface area contributed by atoms with E-state index in [9.17, 15) is 5.11 Å².